The number of hydrogen-bond acceptors (Lipinski definition) is 4. The minimum atomic E-state index is -2.94. The first-order chi connectivity index (χ1) is 9.72. The topological polar surface area (TPSA) is 55.6 Å². The van der Waals surface area contributed by atoms with Gasteiger partial charge in [0.1, 0.15) is 10.6 Å². The molecule has 0 saturated heterocycles. The number of ether oxygens (including phenoxy) is 1. The summed E-state index contributed by atoms with van der Waals surface area (Å²) >= 11 is 1.15. The van der Waals surface area contributed by atoms with Crippen LogP contribution in [0.2, 0.25) is 0 Å². The maximum absolute atomic E-state index is 12.4. The third kappa shape index (κ3) is 5.24. The van der Waals surface area contributed by atoms with E-state index in [1.54, 1.807) is 14.0 Å². The molecular weight excluding hydrogens is 298 g/mol. The minimum absolute atomic E-state index is 0.00195. The van der Waals surface area contributed by atoms with Crippen molar-refractivity contribution >= 4 is 17.2 Å². The number of alkyl halides is 2. The molecule has 0 fully saturated rings. The monoisotopic (exact) mass is 320 g/mol. The van der Waals surface area contributed by atoms with Crippen LogP contribution in [0.5, 0.6) is 5.75 Å². The number of amides is 1. The molecule has 1 unspecified atom stereocenters. The van der Waals surface area contributed by atoms with Gasteiger partial charge in [0.2, 0.25) is 0 Å². The van der Waals surface area contributed by atoms with Gasteiger partial charge < -0.3 is 15.4 Å². The smallest absolute Gasteiger partial charge is 0.387 e. The second kappa shape index (κ2) is 7.70. The lowest BCUT2D eigenvalue weighted by Gasteiger charge is -2.21. The third-order valence-electron chi connectivity index (χ3n) is 3.23. The van der Waals surface area contributed by atoms with Crippen molar-refractivity contribution in [2.24, 2.45) is 11.7 Å². The van der Waals surface area contributed by atoms with Crippen LogP contribution in [-0.2, 0) is 0 Å². The number of thiophene rings is 1. The summed E-state index contributed by atoms with van der Waals surface area (Å²) in [5.41, 5.74) is 5.94. The molecule has 21 heavy (non-hydrogen) atoms. The molecule has 0 saturated carbocycles. The average Bonchev–Trinajstić information content (AvgIpc) is 2.74. The van der Waals surface area contributed by atoms with Crippen LogP contribution in [0.1, 0.15) is 34.8 Å². The summed E-state index contributed by atoms with van der Waals surface area (Å²) in [7, 11) is 1.64. The van der Waals surface area contributed by atoms with Crippen LogP contribution in [0.3, 0.4) is 0 Å². The van der Waals surface area contributed by atoms with Crippen LogP contribution in [0, 0.1) is 12.8 Å². The summed E-state index contributed by atoms with van der Waals surface area (Å²) in [6.45, 7) is 3.32. The number of carbonyl (C=O) groups is 1. The maximum Gasteiger partial charge on any atom is 0.387 e. The molecule has 0 radical (unpaired) electrons. The van der Waals surface area contributed by atoms with E-state index in [0.29, 0.717) is 18.9 Å². The normalized spacial score (nSPS) is 12.8. The lowest BCUT2D eigenvalue weighted by Crippen LogP contribution is -2.34. The Hall–Kier alpha value is -1.21. The molecule has 0 aliphatic heterocycles. The highest BCUT2D eigenvalue weighted by atomic mass is 32.1. The summed E-state index contributed by atoms with van der Waals surface area (Å²) in [5, 5.41) is 0. The number of aryl methyl sites for hydroxylation is 1. The fraction of sp³-hybridized carbons (Fsp3) is 0.643. The van der Waals surface area contributed by atoms with Crippen LogP contribution in [0.15, 0.2) is 6.07 Å². The van der Waals surface area contributed by atoms with Gasteiger partial charge in [-0.25, -0.2) is 0 Å². The molecular formula is C14H22F2N2O2S. The van der Waals surface area contributed by atoms with E-state index in [4.69, 9.17) is 5.73 Å². The first-order valence-electron chi connectivity index (χ1n) is 6.78. The lowest BCUT2D eigenvalue weighted by molar-refractivity contribution is -0.0499. The summed E-state index contributed by atoms with van der Waals surface area (Å²) in [5.74, 6) is -0.0487. The molecule has 0 bridgehead atoms. The Morgan fingerprint density at radius 3 is 2.62 bits per heavy atom. The Labute approximate surface area is 127 Å². The molecule has 2 N–H and O–H groups in total. The first kappa shape index (κ1) is 17.8. The number of carbonyl (C=O) groups excluding carboxylic acids is 1. The Morgan fingerprint density at radius 2 is 2.10 bits per heavy atom. The molecule has 1 heterocycles. The average molecular weight is 320 g/mol. The SMILES string of the molecule is Cc1cc(OC(F)F)c(C(=O)N(C)CCC(N)C(C)C)s1. The van der Waals surface area contributed by atoms with Crippen molar-refractivity contribution in [2.75, 3.05) is 13.6 Å². The molecule has 120 valence electrons. The number of nitrogens with zero attached hydrogens (tertiary/aromatic N) is 1. The predicted molar refractivity (Wildman–Crippen MR) is 80.1 cm³/mol. The highest BCUT2D eigenvalue weighted by molar-refractivity contribution is 7.14. The van der Waals surface area contributed by atoms with Crippen molar-refractivity contribution in [3.05, 3.63) is 15.8 Å². The Bertz CT molecular complexity index is 478. The van der Waals surface area contributed by atoms with E-state index in [1.807, 2.05) is 13.8 Å². The first-order valence-corrected chi connectivity index (χ1v) is 7.60. The quantitative estimate of drug-likeness (QED) is 0.840. The van der Waals surface area contributed by atoms with E-state index in [1.165, 1.54) is 11.0 Å². The second-order valence-electron chi connectivity index (χ2n) is 5.35. The number of hydrogen-bond donors (Lipinski definition) is 1. The largest absolute Gasteiger partial charge is 0.433 e. The molecule has 1 aromatic rings. The van der Waals surface area contributed by atoms with Gasteiger partial charge >= 0.3 is 6.61 Å². The van der Waals surface area contributed by atoms with Gasteiger partial charge in [-0.15, -0.1) is 11.3 Å². The van der Waals surface area contributed by atoms with E-state index in [-0.39, 0.29) is 22.6 Å². The summed E-state index contributed by atoms with van der Waals surface area (Å²) < 4.78 is 29.1. The van der Waals surface area contributed by atoms with E-state index < -0.39 is 6.61 Å². The van der Waals surface area contributed by atoms with E-state index in [0.717, 1.165) is 16.2 Å². The zero-order valence-electron chi connectivity index (χ0n) is 12.7. The molecule has 4 nitrogen and oxygen atoms in total. The Kier molecular flexibility index (Phi) is 6.54. The summed E-state index contributed by atoms with van der Waals surface area (Å²) in [6.07, 6.45) is 0.662. The molecule has 7 heteroatoms. The van der Waals surface area contributed by atoms with Crippen LogP contribution in [-0.4, -0.2) is 37.1 Å². The van der Waals surface area contributed by atoms with Gasteiger partial charge in [0.15, 0.2) is 0 Å². The van der Waals surface area contributed by atoms with Gasteiger partial charge in [-0.2, -0.15) is 8.78 Å². The zero-order chi connectivity index (χ0) is 16.2. The van der Waals surface area contributed by atoms with Crippen LogP contribution < -0.4 is 10.5 Å². The van der Waals surface area contributed by atoms with Crippen molar-refractivity contribution in [3.8, 4) is 5.75 Å². The summed E-state index contributed by atoms with van der Waals surface area (Å²) in [6, 6.07) is 1.46. The highest BCUT2D eigenvalue weighted by Crippen LogP contribution is 2.31. The third-order valence-corrected chi connectivity index (χ3v) is 4.25. The van der Waals surface area contributed by atoms with Crippen molar-refractivity contribution in [3.63, 3.8) is 0 Å². The number of halogens is 2. The van der Waals surface area contributed by atoms with Crippen LogP contribution in [0.4, 0.5) is 8.78 Å². The maximum atomic E-state index is 12.4. The second-order valence-corrected chi connectivity index (χ2v) is 6.61. The molecule has 1 amide bonds. The number of nitrogens with two attached hydrogens (primary N) is 1. The van der Waals surface area contributed by atoms with Gasteiger partial charge in [0.25, 0.3) is 5.91 Å². The molecule has 0 aliphatic rings. The van der Waals surface area contributed by atoms with Gasteiger partial charge in [-0.3, -0.25) is 4.79 Å². The molecule has 0 aromatic carbocycles. The molecule has 0 spiro atoms. The molecule has 1 aromatic heterocycles. The molecule has 0 aliphatic carbocycles. The minimum Gasteiger partial charge on any atom is -0.433 e. The van der Waals surface area contributed by atoms with Gasteiger partial charge in [-0.1, -0.05) is 13.8 Å². The van der Waals surface area contributed by atoms with Crippen LogP contribution in [0.25, 0.3) is 0 Å². The van der Waals surface area contributed by atoms with Crippen molar-refractivity contribution < 1.29 is 18.3 Å². The number of rotatable bonds is 7. The van der Waals surface area contributed by atoms with Crippen molar-refractivity contribution in [1.82, 2.24) is 4.90 Å². The fourth-order valence-corrected chi connectivity index (χ4v) is 2.71. The van der Waals surface area contributed by atoms with Crippen molar-refractivity contribution in [1.29, 1.82) is 0 Å². The lowest BCUT2D eigenvalue weighted by atomic mass is 10.0. The Morgan fingerprint density at radius 1 is 1.48 bits per heavy atom. The molecule has 1 atom stereocenters. The van der Waals surface area contributed by atoms with Gasteiger partial charge in [0.05, 0.1) is 0 Å². The van der Waals surface area contributed by atoms with Gasteiger partial charge in [0, 0.05) is 24.5 Å². The zero-order valence-corrected chi connectivity index (χ0v) is 13.5. The standard InChI is InChI=1S/C14H22F2N2O2S/c1-8(2)10(17)5-6-18(4)13(19)12-11(20-14(15)16)7-9(3)21-12/h7-8,10,14H,5-6,17H2,1-4H3. The fourth-order valence-electron chi connectivity index (χ4n) is 1.77. The van der Waals surface area contributed by atoms with E-state index in [2.05, 4.69) is 4.74 Å². The molecule has 1 rings (SSSR count). The van der Waals surface area contributed by atoms with Gasteiger partial charge in [-0.05, 0) is 25.3 Å². The summed E-state index contributed by atoms with van der Waals surface area (Å²) in [4.78, 5) is 14.8. The Balaban J connectivity index is 2.74. The van der Waals surface area contributed by atoms with E-state index >= 15 is 0 Å². The highest BCUT2D eigenvalue weighted by Gasteiger charge is 2.22. The van der Waals surface area contributed by atoms with E-state index in [9.17, 15) is 13.6 Å². The van der Waals surface area contributed by atoms with Crippen LogP contribution >= 0.6 is 11.3 Å². The predicted octanol–water partition coefficient (Wildman–Crippen LogP) is 3.10. The van der Waals surface area contributed by atoms with Crippen molar-refractivity contribution in [2.45, 2.75) is 39.8 Å².